The summed E-state index contributed by atoms with van der Waals surface area (Å²) in [6, 6.07) is 10.6. The van der Waals surface area contributed by atoms with Gasteiger partial charge in [-0.3, -0.25) is 0 Å². The highest BCUT2D eigenvalue weighted by Gasteiger charge is 2.12. The molecule has 0 saturated heterocycles. The van der Waals surface area contributed by atoms with E-state index in [4.69, 9.17) is 0 Å². The Labute approximate surface area is 157 Å². The molecule has 0 unspecified atom stereocenters. The van der Waals surface area contributed by atoms with Crippen molar-refractivity contribution in [3.05, 3.63) is 57.0 Å². The van der Waals surface area contributed by atoms with Gasteiger partial charge in [0.25, 0.3) is 0 Å². The van der Waals surface area contributed by atoms with Crippen LogP contribution in [0.5, 0.6) is 5.75 Å². The van der Waals surface area contributed by atoms with Gasteiger partial charge in [0, 0.05) is 25.5 Å². The third-order valence-corrected chi connectivity index (χ3v) is 4.49. The summed E-state index contributed by atoms with van der Waals surface area (Å²) >= 11 is 6.68. The molecule has 0 aliphatic rings. The molecule has 0 radical (unpaired) electrons. The Hall–Kier alpha value is -2.06. The zero-order valence-electron chi connectivity index (χ0n) is 12.3. The number of nitrogens with zero attached hydrogens (tertiary/aromatic N) is 1. The quantitative estimate of drug-likeness (QED) is 0.566. The molecule has 25 heavy (non-hydrogen) atoms. The predicted molar refractivity (Wildman–Crippen MR) is 93.5 cm³/mol. The van der Waals surface area contributed by atoms with Crippen molar-refractivity contribution in [3.8, 4) is 17.0 Å². The maximum absolute atomic E-state index is 12.2. The molecule has 0 aliphatic heterocycles. The number of rotatable bonds is 4. The number of ether oxygens (including phenoxy) is 1. The molecule has 2 aromatic carbocycles. The smallest absolute Gasteiger partial charge is 0.387 e. The molecule has 0 aliphatic carbocycles. The van der Waals surface area contributed by atoms with Gasteiger partial charge in [-0.1, -0.05) is 15.9 Å². The lowest BCUT2D eigenvalue weighted by molar-refractivity contribution is -0.254. The molecular formula is C17H8Br2F2NO3-. The molecule has 0 fully saturated rings. The first kappa shape index (κ1) is 17.8. The monoisotopic (exact) mass is 470 g/mol. The number of carboxylic acids is 1. The van der Waals surface area contributed by atoms with Gasteiger partial charge in [0.1, 0.15) is 5.75 Å². The number of carbonyl (C=O) groups is 1. The Morgan fingerprint density at radius 2 is 1.80 bits per heavy atom. The van der Waals surface area contributed by atoms with Gasteiger partial charge >= 0.3 is 6.61 Å². The van der Waals surface area contributed by atoms with Crippen molar-refractivity contribution in [1.82, 2.24) is 4.98 Å². The van der Waals surface area contributed by atoms with E-state index >= 15 is 0 Å². The first-order valence-electron chi connectivity index (χ1n) is 6.91. The van der Waals surface area contributed by atoms with Gasteiger partial charge in [-0.05, 0) is 58.4 Å². The maximum atomic E-state index is 12.2. The molecule has 0 spiro atoms. The fraction of sp³-hybridized carbons (Fsp3) is 0.0588. The van der Waals surface area contributed by atoms with Gasteiger partial charge in [-0.2, -0.15) is 8.78 Å². The van der Waals surface area contributed by atoms with E-state index in [0.717, 1.165) is 0 Å². The van der Waals surface area contributed by atoms with Crippen LogP contribution < -0.4 is 9.84 Å². The van der Waals surface area contributed by atoms with E-state index in [1.54, 1.807) is 12.1 Å². The van der Waals surface area contributed by atoms with Gasteiger partial charge in [0.15, 0.2) is 0 Å². The Balaban J connectivity index is 2.15. The average Bonchev–Trinajstić information content (AvgIpc) is 2.54. The zero-order chi connectivity index (χ0) is 18.1. The molecule has 8 heteroatoms. The molecule has 0 amide bonds. The van der Waals surface area contributed by atoms with Crippen LogP contribution in [0.2, 0.25) is 0 Å². The minimum atomic E-state index is -2.91. The third kappa shape index (κ3) is 3.80. The molecule has 1 heterocycles. The van der Waals surface area contributed by atoms with Gasteiger partial charge in [-0.25, -0.2) is 4.98 Å². The summed E-state index contributed by atoms with van der Waals surface area (Å²) in [6.07, 6.45) is 0. The number of pyridine rings is 1. The Morgan fingerprint density at radius 1 is 1.12 bits per heavy atom. The lowest BCUT2D eigenvalue weighted by atomic mass is 10.0. The van der Waals surface area contributed by atoms with Crippen molar-refractivity contribution in [1.29, 1.82) is 0 Å². The van der Waals surface area contributed by atoms with E-state index in [9.17, 15) is 18.7 Å². The number of fused-ring (bicyclic) bond motifs is 1. The summed E-state index contributed by atoms with van der Waals surface area (Å²) in [5.74, 6) is -1.33. The van der Waals surface area contributed by atoms with Gasteiger partial charge < -0.3 is 14.6 Å². The molecule has 0 N–H and O–H groups in total. The highest BCUT2D eigenvalue weighted by atomic mass is 79.9. The summed E-state index contributed by atoms with van der Waals surface area (Å²) in [7, 11) is 0. The van der Waals surface area contributed by atoms with Crippen LogP contribution in [-0.2, 0) is 0 Å². The van der Waals surface area contributed by atoms with Crippen molar-refractivity contribution < 1.29 is 23.4 Å². The van der Waals surface area contributed by atoms with E-state index in [-0.39, 0.29) is 11.3 Å². The van der Waals surface area contributed by atoms with Crippen LogP contribution >= 0.6 is 31.9 Å². The molecule has 3 rings (SSSR count). The van der Waals surface area contributed by atoms with Crippen LogP contribution in [0.15, 0.2) is 51.4 Å². The van der Waals surface area contributed by atoms with Crippen molar-refractivity contribution in [2.75, 3.05) is 0 Å². The summed E-state index contributed by atoms with van der Waals surface area (Å²) < 4.78 is 30.0. The number of halogens is 4. The molecular weight excluding hydrogens is 464 g/mol. The van der Waals surface area contributed by atoms with Gasteiger partial charge in [-0.15, -0.1) is 0 Å². The SMILES string of the molecule is O=C([O-])c1cc(-c2ccc(OC(F)F)cc2)nc2c(Br)cc(Br)cc12. The van der Waals surface area contributed by atoms with Crippen molar-refractivity contribution in [2.45, 2.75) is 6.61 Å². The largest absolute Gasteiger partial charge is 0.545 e. The fourth-order valence-corrected chi connectivity index (χ4v) is 3.69. The predicted octanol–water partition coefficient (Wildman–Crippen LogP) is 4.39. The van der Waals surface area contributed by atoms with Crippen molar-refractivity contribution >= 4 is 48.7 Å². The molecule has 1 aromatic heterocycles. The average molecular weight is 472 g/mol. The number of aromatic nitrogens is 1. The van der Waals surface area contributed by atoms with Crippen LogP contribution in [0.1, 0.15) is 10.4 Å². The first-order valence-corrected chi connectivity index (χ1v) is 8.50. The third-order valence-electron chi connectivity index (χ3n) is 3.43. The van der Waals surface area contributed by atoms with Crippen LogP contribution in [-0.4, -0.2) is 17.6 Å². The zero-order valence-corrected chi connectivity index (χ0v) is 15.5. The lowest BCUT2D eigenvalue weighted by Crippen LogP contribution is -2.22. The minimum Gasteiger partial charge on any atom is -0.545 e. The maximum Gasteiger partial charge on any atom is 0.387 e. The normalized spacial score (nSPS) is 11.1. The number of hydrogen-bond donors (Lipinski definition) is 0. The van der Waals surface area contributed by atoms with Crippen LogP contribution in [0, 0.1) is 0 Å². The number of benzene rings is 2. The van der Waals surface area contributed by atoms with Gasteiger partial charge in [0.2, 0.25) is 0 Å². The topological polar surface area (TPSA) is 62.2 Å². The Kier molecular flexibility index (Phi) is 5.01. The van der Waals surface area contributed by atoms with E-state index < -0.39 is 12.6 Å². The van der Waals surface area contributed by atoms with E-state index in [0.29, 0.717) is 31.1 Å². The van der Waals surface area contributed by atoms with E-state index in [2.05, 4.69) is 41.6 Å². The van der Waals surface area contributed by atoms with Gasteiger partial charge in [0.05, 0.1) is 17.2 Å². The van der Waals surface area contributed by atoms with Crippen LogP contribution in [0.25, 0.3) is 22.2 Å². The number of aromatic carboxylic acids is 1. The first-order chi connectivity index (χ1) is 11.8. The second-order valence-corrected chi connectivity index (χ2v) is 6.80. The highest BCUT2D eigenvalue weighted by Crippen LogP contribution is 2.32. The lowest BCUT2D eigenvalue weighted by Gasteiger charge is -2.12. The summed E-state index contributed by atoms with van der Waals surface area (Å²) in [5, 5.41) is 11.9. The molecule has 4 nitrogen and oxygen atoms in total. The Bertz CT molecular complexity index is 962. The molecule has 128 valence electrons. The molecule has 3 aromatic rings. The van der Waals surface area contributed by atoms with Crippen LogP contribution in [0.3, 0.4) is 0 Å². The van der Waals surface area contributed by atoms with Crippen molar-refractivity contribution in [3.63, 3.8) is 0 Å². The number of hydrogen-bond acceptors (Lipinski definition) is 4. The number of carbonyl (C=O) groups excluding carboxylic acids is 1. The second-order valence-electron chi connectivity index (χ2n) is 5.03. The molecule has 0 bridgehead atoms. The van der Waals surface area contributed by atoms with E-state index in [1.807, 2.05) is 0 Å². The minimum absolute atomic E-state index is 0.00442. The van der Waals surface area contributed by atoms with E-state index in [1.165, 1.54) is 30.3 Å². The Morgan fingerprint density at radius 3 is 2.40 bits per heavy atom. The van der Waals surface area contributed by atoms with Crippen LogP contribution in [0.4, 0.5) is 8.78 Å². The molecule has 0 saturated carbocycles. The number of carboxylic acid groups (broad SMARTS) is 1. The summed E-state index contributed by atoms with van der Waals surface area (Å²) in [5.41, 5.74) is 1.36. The standard InChI is InChI=1S/C17H9Br2F2NO3/c18-9-5-11-12(16(23)24)7-14(22-15(11)13(19)6-9)8-1-3-10(4-2-8)25-17(20)21/h1-7,17H,(H,23,24)/p-1. The summed E-state index contributed by atoms with van der Waals surface area (Å²) in [6.45, 7) is -2.91. The molecule has 0 atom stereocenters. The van der Waals surface area contributed by atoms with Crippen molar-refractivity contribution in [2.24, 2.45) is 0 Å². The second kappa shape index (κ2) is 7.05. The number of alkyl halides is 2. The highest BCUT2D eigenvalue weighted by molar-refractivity contribution is 9.11. The summed E-state index contributed by atoms with van der Waals surface area (Å²) in [4.78, 5) is 16.0. The fourth-order valence-electron chi connectivity index (χ4n) is 2.38.